The van der Waals surface area contributed by atoms with Crippen molar-refractivity contribution in [1.29, 1.82) is 0 Å². The van der Waals surface area contributed by atoms with E-state index in [1.807, 2.05) is 20.8 Å². The zero-order valence-electron chi connectivity index (χ0n) is 16.9. The fraction of sp³-hybridized carbons (Fsp3) is 0.941. The number of rotatable bonds is 7. The Morgan fingerprint density at radius 2 is 1.96 bits per heavy atom. The molecule has 0 aromatic carbocycles. The Labute approximate surface area is 181 Å². The first-order chi connectivity index (χ1) is 12.0. The highest BCUT2D eigenvalue weighted by Crippen LogP contribution is 2.21. The lowest BCUT2D eigenvalue weighted by molar-refractivity contribution is -0.146. The number of hydrogen-bond donors (Lipinski definition) is 1. The first kappa shape index (κ1) is 26.9. The van der Waals surface area contributed by atoms with Crippen molar-refractivity contribution < 1.29 is 17.4 Å². The molecule has 10 heteroatoms. The lowest BCUT2D eigenvalue weighted by Crippen LogP contribution is -2.43. The van der Waals surface area contributed by atoms with Crippen molar-refractivity contribution in [2.24, 2.45) is 10.9 Å². The molecular weight excluding hydrogens is 492 g/mol. The van der Waals surface area contributed by atoms with Crippen LogP contribution in [0, 0.1) is 5.92 Å². The predicted octanol–water partition coefficient (Wildman–Crippen LogP) is 2.93. The summed E-state index contributed by atoms with van der Waals surface area (Å²) in [5.74, 6) is 1.46. The number of halogens is 4. The monoisotopic (exact) mass is 526 g/mol. The summed E-state index contributed by atoms with van der Waals surface area (Å²) in [4.78, 5) is 7.79. The van der Waals surface area contributed by atoms with Crippen LogP contribution in [0.3, 0.4) is 0 Å². The third-order valence-corrected chi connectivity index (χ3v) is 6.36. The molecule has 0 aromatic rings. The van der Waals surface area contributed by atoms with Gasteiger partial charge in [-0.25, -0.2) is 0 Å². The Hall–Kier alpha value is -0.100. The van der Waals surface area contributed by atoms with Crippen LogP contribution in [0.5, 0.6) is 0 Å². The minimum Gasteiger partial charge on any atom is -0.355 e. The van der Waals surface area contributed by atoms with Crippen LogP contribution in [-0.2, 0) is 10.8 Å². The fourth-order valence-corrected chi connectivity index (χ4v) is 3.89. The van der Waals surface area contributed by atoms with Crippen molar-refractivity contribution in [1.82, 2.24) is 15.1 Å². The average molecular weight is 526 g/mol. The van der Waals surface area contributed by atoms with Crippen LogP contribution in [0.25, 0.3) is 0 Å². The number of hydrogen-bond acceptors (Lipinski definition) is 3. The first-order valence-corrected chi connectivity index (χ1v) is 10.4. The summed E-state index contributed by atoms with van der Waals surface area (Å²) >= 11 is 0. The summed E-state index contributed by atoms with van der Waals surface area (Å²) in [6.07, 6.45) is -3.31. The maximum atomic E-state index is 12.6. The van der Waals surface area contributed by atoms with Crippen molar-refractivity contribution in [2.75, 3.05) is 52.1 Å². The average Bonchev–Trinajstić information content (AvgIpc) is 2.96. The van der Waals surface area contributed by atoms with E-state index in [1.165, 1.54) is 4.90 Å². The van der Waals surface area contributed by atoms with Gasteiger partial charge in [-0.05, 0) is 39.7 Å². The lowest BCUT2D eigenvalue weighted by Gasteiger charge is -2.26. The zero-order valence-corrected chi connectivity index (χ0v) is 20.1. The van der Waals surface area contributed by atoms with Gasteiger partial charge in [0.25, 0.3) is 0 Å². The lowest BCUT2D eigenvalue weighted by atomic mass is 10.1. The number of nitrogens with one attached hydrogen (secondary N) is 1. The maximum Gasteiger partial charge on any atom is 0.401 e. The molecule has 1 heterocycles. The molecule has 2 atom stereocenters. The third kappa shape index (κ3) is 10.3. The normalized spacial score (nSPS) is 20.0. The molecule has 0 spiro atoms. The van der Waals surface area contributed by atoms with Gasteiger partial charge in [0.05, 0.1) is 6.54 Å². The van der Waals surface area contributed by atoms with Gasteiger partial charge in [-0.15, -0.1) is 24.0 Å². The fourth-order valence-electron chi connectivity index (χ4n) is 2.99. The van der Waals surface area contributed by atoms with E-state index in [2.05, 4.69) is 15.2 Å². The molecule has 0 radical (unpaired) electrons. The minimum absolute atomic E-state index is 0. The maximum absolute atomic E-state index is 12.6. The van der Waals surface area contributed by atoms with Gasteiger partial charge in [0.15, 0.2) is 5.96 Å². The predicted molar refractivity (Wildman–Crippen MR) is 117 cm³/mol. The molecule has 0 amide bonds. The van der Waals surface area contributed by atoms with E-state index >= 15 is 0 Å². The Balaban J connectivity index is 0.00000676. The Morgan fingerprint density at radius 1 is 1.33 bits per heavy atom. The van der Waals surface area contributed by atoms with E-state index in [0.717, 1.165) is 18.9 Å². The highest BCUT2D eigenvalue weighted by molar-refractivity contribution is 14.0. The highest BCUT2D eigenvalue weighted by Gasteiger charge is 2.33. The van der Waals surface area contributed by atoms with Crippen molar-refractivity contribution in [3.8, 4) is 0 Å². The van der Waals surface area contributed by atoms with E-state index in [4.69, 9.17) is 0 Å². The van der Waals surface area contributed by atoms with E-state index in [0.29, 0.717) is 31.9 Å². The van der Waals surface area contributed by atoms with Crippen LogP contribution in [0.2, 0.25) is 0 Å². The SMILES string of the molecule is CCN(CC1CCN(C(=NC)NCCS(=O)C(C)(C)C)C1)CC(F)(F)F.I. The molecule has 1 N–H and O–H groups in total. The molecule has 27 heavy (non-hydrogen) atoms. The van der Waals surface area contributed by atoms with Gasteiger partial charge in [-0.2, -0.15) is 13.2 Å². The van der Waals surface area contributed by atoms with Crippen molar-refractivity contribution >= 4 is 40.7 Å². The first-order valence-electron chi connectivity index (χ1n) is 9.09. The number of aliphatic imine (C=N–C) groups is 1. The van der Waals surface area contributed by atoms with Gasteiger partial charge >= 0.3 is 6.18 Å². The van der Waals surface area contributed by atoms with Crippen LogP contribution in [0.15, 0.2) is 4.99 Å². The third-order valence-electron chi connectivity index (χ3n) is 4.42. The molecule has 1 saturated heterocycles. The molecule has 0 saturated carbocycles. The quantitative estimate of drug-likeness (QED) is 0.315. The molecule has 0 aromatic heterocycles. The van der Waals surface area contributed by atoms with Gasteiger partial charge in [-0.3, -0.25) is 14.1 Å². The highest BCUT2D eigenvalue weighted by atomic mass is 127. The second kappa shape index (κ2) is 11.8. The van der Waals surface area contributed by atoms with E-state index < -0.39 is 23.5 Å². The molecular formula is C17H34F3IN4OS. The Morgan fingerprint density at radius 3 is 2.44 bits per heavy atom. The summed E-state index contributed by atoms with van der Waals surface area (Å²) < 4.78 is 49.7. The second-order valence-corrected chi connectivity index (χ2v) is 10.0. The van der Waals surface area contributed by atoms with Gasteiger partial charge in [-0.1, -0.05) is 6.92 Å². The number of nitrogens with zero attached hydrogens (tertiary/aromatic N) is 3. The molecule has 1 aliphatic rings. The number of guanidine groups is 1. The van der Waals surface area contributed by atoms with Crippen LogP contribution in [-0.4, -0.2) is 83.0 Å². The van der Waals surface area contributed by atoms with Crippen LogP contribution in [0.1, 0.15) is 34.1 Å². The summed E-state index contributed by atoms with van der Waals surface area (Å²) in [7, 11) is 0.760. The van der Waals surface area contributed by atoms with Crippen molar-refractivity contribution in [2.45, 2.75) is 45.0 Å². The molecule has 162 valence electrons. The zero-order chi connectivity index (χ0) is 20.0. The van der Waals surface area contributed by atoms with Crippen LogP contribution >= 0.6 is 24.0 Å². The molecule has 0 bridgehead atoms. The summed E-state index contributed by atoms with van der Waals surface area (Å²) in [6.45, 7) is 9.61. The van der Waals surface area contributed by atoms with Gasteiger partial charge in [0.2, 0.25) is 0 Å². The standard InChI is InChI=1S/C17H33F3N4OS.HI/c1-6-23(13-17(18,19)20)11-14-7-9-24(12-14)15(21-5)22-8-10-26(25)16(2,3)4;/h14H,6-13H2,1-5H3,(H,21,22);1H. The topological polar surface area (TPSA) is 47.9 Å². The number of likely N-dealkylation sites (tertiary alicyclic amines) is 1. The second-order valence-electron chi connectivity index (χ2n) is 7.68. The molecule has 1 rings (SSSR count). The summed E-state index contributed by atoms with van der Waals surface area (Å²) in [5.41, 5.74) is 0. The number of alkyl halides is 3. The van der Waals surface area contributed by atoms with Crippen molar-refractivity contribution in [3.63, 3.8) is 0 Å². The van der Waals surface area contributed by atoms with Gasteiger partial charge < -0.3 is 10.2 Å². The van der Waals surface area contributed by atoms with Gasteiger partial charge in [0, 0.05) is 54.5 Å². The Bertz CT molecular complexity index is 498. The molecule has 1 aliphatic heterocycles. The molecule has 2 unspecified atom stereocenters. The van der Waals surface area contributed by atoms with Gasteiger partial charge in [0.1, 0.15) is 0 Å². The van der Waals surface area contributed by atoms with Crippen LogP contribution < -0.4 is 5.32 Å². The largest absolute Gasteiger partial charge is 0.401 e. The molecule has 5 nitrogen and oxygen atoms in total. The summed E-state index contributed by atoms with van der Waals surface area (Å²) in [5, 5.41) is 3.23. The van der Waals surface area contributed by atoms with E-state index in [-0.39, 0.29) is 34.6 Å². The van der Waals surface area contributed by atoms with E-state index in [1.54, 1.807) is 14.0 Å². The molecule has 1 fully saturated rings. The minimum atomic E-state index is -4.16. The molecule has 0 aliphatic carbocycles. The van der Waals surface area contributed by atoms with Crippen LogP contribution in [0.4, 0.5) is 13.2 Å². The Kier molecular flexibility index (Phi) is 11.7. The van der Waals surface area contributed by atoms with Crippen molar-refractivity contribution in [3.05, 3.63) is 0 Å². The smallest absolute Gasteiger partial charge is 0.355 e. The van der Waals surface area contributed by atoms with E-state index in [9.17, 15) is 17.4 Å². The summed E-state index contributed by atoms with van der Waals surface area (Å²) in [6, 6.07) is 0.